The average molecular weight is 1000 g/mol. The van der Waals surface area contributed by atoms with E-state index in [2.05, 4.69) is 235 Å². The van der Waals surface area contributed by atoms with Crippen molar-refractivity contribution in [3.8, 4) is 0 Å². The van der Waals surface area contributed by atoms with E-state index < -0.39 is 0 Å². The monoisotopic (exact) mass is 1000 g/mol. The van der Waals surface area contributed by atoms with Crippen molar-refractivity contribution in [3.63, 3.8) is 0 Å². The van der Waals surface area contributed by atoms with Gasteiger partial charge in [-0.3, -0.25) is 0 Å². The molecular formula is C63H80BIN2. The second-order valence-corrected chi connectivity index (χ2v) is 30.7. The zero-order valence-corrected chi connectivity index (χ0v) is 46.6. The van der Waals surface area contributed by atoms with Gasteiger partial charge in [0.2, 0.25) is 0 Å². The van der Waals surface area contributed by atoms with E-state index in [-0.39, 0.29) is 42.6 Å². The normalized spacial score (nSPS) is 22.5. The van der Waals surface area contributed by atoms with Gasteiger partial charge < -0.3 is 9.80 Å². The molecule has 2 nitrogen and oxygen atoms in total. The highest BCUT2D eigenvalue weighted by atomic mass is 127. The Bertz CT molecular complexity index is 2540. The summed E-state index contributed by atoms with van der Waals surface area (Å²) in [5.41, 5.74) is 22.3. The molecule has 0 spiro atoms. The predicted molar refractivity (Wildman–Crippen MR) is 301 cm³/mol. The van der Waals surface area contributed by atoms with Gasteiger partial charge in [0.15, 0.2) is 0 Å². The molecule has 2 heterocycles. The molecule has 0 N–H and O–H groups in total. The number of halogens is 1. The van der Waals surface area contributed by atoms with Crippen molar-refractivity contribution in [2.45, 2.75) is 192 Å². The highest BCUT2D eigenvalue weighted by Crippen LogP contribution is 2.62. The lowest BCUT2D eigenvalue weighted by Crippen LogP contribution is -2.61. The van der Waals surface area contributed by atoms with Gasteiger partial charge in [-0.15, -0.1) is 0 Å². The van der Waals surface area contributed by atoms with Crippen LogP contribution in [0.15, 0.2) is 84.9 Å². The van der Waals surface area contributed by atoms with Crippen LogP contribution in [0.5, 0.6) is 0 Å². The second kappa shape index (κ2) is 15.2. The Morgan fingerprint density at radius 1 is 0.418 bits per heavy atom. The van der Waals surface area contributed by atoms with Crippen LogP contribution in [0.4, 0.5) is 34.1 Å². The van der Waals surface area contributed by atoms with E-state index in [1.807, 2.05) is 0 Å². The maximum Gasteiger partial charge on any atom is 0.252 e. The molecule has 0 aromatic heterocycles. The zero-order chi connectivity index (χ0) is 48.3. The molecule has 0 amide bonds. The highest BCUT2D eigenvalue weighted by molar-refractivity contribution is 14.1. The van der Waals surface area contributed by atoms with Crippen LogP contribution in [0.25, 0.3) is 0 Å². The van der Waals surface area contributed by atoms with Crippen LogP contribution < -0.4 is 26.2 Å². The van der Waals surface area contributed by atoms with Crippen molar-refractivity contribution in [1.82, 2.24) is 0 Å². The molecule has 0 atom stereocenters. The van der Waals surface area contributed by atoms with Gasteiger partial charge in [0.1, 0.15) is 0 Å². The minimum absolute atomic E-state index is 0.0120. The van der Waals surface area contributed by atoms with E-state index >= 15 is 0 Å². The van der Waals surface area contributed by atoms with Gasteiger partial charge >= 0.3 is 0 Å². The van der Waals surface area contributed by atoms with Gasteiger partial charge in [0.25, 0.3) is 6.71 Å². The van der Waals surface area contributed by atoms with E-state index in [9.17, 15) is 0 Å². The Kier molecular flexibility index (Phi) is 10.7. The highest BCUT2D eigenvalue weighted by Gasteiger charge is 2.53. The van der Waals surface area contributed by atoms with Crippen molar-refractivity contribution in [2.24, 2.45) is 17.8 Å². The summed E-state index contributed by atoms with van der Waals surface area (Å²) < 4.78 is -0.0412. The third kappa shape index (κ3) is 8.15. The van der Waals surface area contributed by atoms with Gasteiger partial charge in [-0.25, -0.2) is 0 Å². The SMILES string of the molecule is CC(C)(C)c1cc(N2c3cc(C(C)(C)C)ccc3B3c4ccc(C(C)(C)I)cc4N(c4cc(C(C)(C)C)cc(C(C)(C)C)c4)c4cc(C56CC7CC(CC(C7)C5)C6)cc2c43)cc(C(C)(C)C)c1. The Morgan fingerprint density at radius 2 is 0.761 bits per heavy atom. The number of anilines is 6. The number of nitrogens with zero attached hydrogens (tertiary/aromatic N) is 2. The molecule has 6 aliphatic rings. The average Bonchev–Trinajstić information content (AvgIpc) is 3.20. The first-order valence-corrected chi connectivity index (χ1v) is 27.1. The van der Waals surface area contributed by atoms with E-state index in [4.69, 9.17) is 0 Å². The maximum absolute atomic E-state index is 2.77. The molecule has 352 valence electrons. The first kappa shape index (κ1) is 47.2. The molecule has 0 saturated heterocycles. The van der Waals surface area contributed by atoms with E-state index in [0.717, 1.165) is 17.8 Å². The fraction of sp³-hybridized carbons (Fsp3) is 0.524. The van der Waals surface area contributed by atoms with Crippen molar-refractivity contribution < 1.29 is 0 Å². The second-order valence-electron chi connectivity index (χ2n) is 28.0. The number of hydrogen-bond acceptors (Lipinski definition) is 2. The molecule has 4 aliphatic carbocycles. The quantitative estimate of drug-likeness (QED) is 0.0985. The molecule has 4 fully saturated rings. The molecule has 4 bridgehead atoms. The lowest BCUT2D eigenvalue weighted by Gasteiger charge is -2.57. The van der Waals surface area contributed by atoms with Crippen molar-refractivity contribution in [3.05, 3.63) is 124 Å². The van der Waals surface area contributed by atoms with Gasteiger partial charge in [-0.05, 0) is 206 Å². The largest absolute Gasteiger partial charge is 0.311 e. The van der Waals surface area contributed by atoms with Crippen LogP contribution in [0, 0.1) is 17.8 Å². The molecule has 67 heavy (non-hydrogen) atoms. The standard InChI is InChI=1S/C63H80BIN2/c1-57(2,3)41-18-20-50-52(31-41)66(48-27-43(58(4,5)6)25-44(28-48)59(7,8)9)54-33-47(63-35-38-22-39(36-63)24-40(23-38)37-63)34-55-56(54)64(50)51-21-19-42(62(16,17)65)32-53(51)67(55)49-29-45(60(10,11)12)26-46(30-49)61(13,14)15/h18-21,25-34,38-40H,22-24,35-37H2,1-17H3. The Hall–Kier alpha value is -3.51. The number of rotatable bonds is 4. The van der Waals surface area contributed by atoms with Crippen molar-refractivity contribution in [1.29, 1.82) is 0 Å². The summed E-state index contributed by atoms with van der Waals surface area (Å²) in [5, 5.41) is 0. The summed E-state index contributed by atoms with van der Waals surface area (Å²) in [6, 6.07) is 35.9. The fourth-order valence-electron chi connectivity index (χ4n) is 13.4. The van der Waals surface area contributed by atoms with Crippen LogP contribution in [-0.2, 0) is 35.9 Å². The molecule has 5 aromatic rings. The third-order valence-corrected chi connectivity index (χ3v) is 17.7. The summed E-state index contributed by atoms with van der Waals surface area (Å²) in [6.45, 7) is 40.7. The minimum atomic E-state index is -0.0412. The lowest BCUT2D eigenvalue weighted by atomic mass is 9.33. The minimum Gasteiger partial charge on any atom is -0.311 e. The first-order valence-electron chi connectivity index (χ1n) is 26.0. The summed E-state index contributed by atoms with van der Waals surface area (Å²) >= 11 is 2.67. The van der Waals surface area contributed by atoms with E-state index in [1.54, 1.807) is 5.56 Å². The number of alkyl halides is 1. The van der Waals surface area contributed by atoms with Gasteiger partial charge in [0, 0.05) is 37.5 Å². The van der Waals surface area contributed by atoms with Gasteiger partial charge in [-0.2, -0.15) is 0 Å². The summed E-state index contributed by atoms with van der Waals surface area (Å²) in [7, 11) is 0. The smallest absolute Gasteiger partial charge is 0.252 e. The Balaban J connectivity index is 1.37. The Morgan fingerprint density at radius 3 is 1.10 bits per heavy atom. The van der Waals surface area contributed by atoms with Crippen LogP contribution >= 0.6 is 22.6 Å². The Labute approximate surface area is 420 Å². The van der Waals surface area contributed by atoms with Gasteiger partial charge in [-0.1, -0.05) is 163 Å². The fourth-order valence-corrected chi connectivity index (χ4v) is 13.7. The van der Waals surface area contributed by atoms with Crippen LogP contribution in [-0.4, -0.2) is 6.71 Å². The number of benzene rings is 5. The number of hydrogen-bond donors (Lipinski definition) is 0. The van der Waals surface area contributed by atoms with Crippen molar-refractivity contribution >= 4 is 79.8 Å². The third-order valence-electron chi connectivity index (χ3n) is 17.1. The molecule has 0 radical (unpaired) electrons. The molecule has 4 saturated carbocycles. The van der Waals surface area contributed by atoms with Crippen LogP contribution in [0.3, 0.4) is 0 Å². The molecule has 0 unspecified atom stereocenters. The maximum atomic E-state index is 2.77. The van der Waals surface area contributed by atoms with Crippen LogP contribution in [0.1, 0.15) is 195 Å². The molecular weight excluding hydrogens is 922 g/mol. The van der Waals surface area contributed by atoms with E-state index in [1.165, 1.54) is 122 Å². The van der Waals surface area contributed by atoms with Crippen LogP contribution in [0.2, 0.25) is 0 Å². The summed E-state index contributed by atoms with van der Waals surface area (Å²) in [6.07, 6.45) is 8.30. The topological polar surface area (TPSA) is 6.48 Å². The van der Waals surface area contributed by atoms with E-state index in [0.29, 0.717) is 0 Å². The summed E-state index contributed by atoms with van der Waals surface area (Å²) in [4.78, 5) is 5.54. The molecule has 11 rings (SSSR count). The molecule has 2 aliphatic heterocycles. The first-order chi connectivity index (χ1) is 30.9. The molecule has 5 aromatic carbocycles. The lowest BCUT2D eigenvalue weighted by molar-refractivity contribution is -0.00514. The zero-order valence-electron chi connectivity index (χ0n) is 44.4. The van der Waals surface area contributed by atoms with Crippen molar-refractivity contribution in [2.75, 3.05) is 9.80 Å². The number of fused-ring (bicyclic) bond motifs is 4. The predicted octanol–water partition coefficient (Wildman–Crippen LogP) is 16.4. The summed E-state index contributed by atoms with van der Waals surface area (Å²) in [5.74, 6) is 2.54. The molecule has 4 heteroatoms. The van der Waals surface area contributed by atoms with Gasteiger partial charge in [0.05, 0.1) is 0 Å².